The number of aromatic nitrogens is 3. The Morgan fingerprint density at radius 3 is 2.88 bits per heavy atom. The first kappa shape index (κ1) is 10.3. The summed E-state index contributed by atoms with van der Waals surface area (Å²) in [5, 5.41) is 2.63. The molecule has 2 aromatic rings. The third-order valence-electron chi connectivity index (χ3n) is 1.87. The van der Waals surface area contributed by atoms with Crippen molar-refractivity contribution in [3.05, 3.63) is 42.1 Å². The lowest BCUT2D eigenvalue weighted by molar-refractivity contribution is 0.0941. The van der Waals surface area contributed by atoms with Gasteiger partial charge in [-0.05, 0) is 6.92 Å². The monoisotopic (exact) mass is 218 g/mol. The van der Waals surface area contributed by atoms with Gasteiger partial charge in [0.1, 0.15) is 11.5 Å². The molecule has 0 aliphatic rings. The van der Waals surface area contributed by atoms with E-state index in [1.54, 1.807) is 13.1 Å². The van der Waals surface area contributed by atoms with E-state index in [1.807, 2.05) is 0 Å². The highest BCUT2D eigenvalue weighted by Gasteiger charge is 2.08. The zero-order chi connectivity index (χ0) is 11.4. The van der Waals surface area contributed by atoms with Crippen LogP contribution in [0.2, 0.25) is 0 Å². The van der Waals surface area contributed by atoms with Crippen LogP contribution in [0.25, 0.3) is 0 Å². The third kappa shape index (κ3) is 2.41. The number of amides is 1. The molecule has 6 nitrogen and oxygen atoms in total. The molecule has 0 radical (unpaired) electrons. The zero-order valence-corrected chi connectivity index (χ0v) is 8.67. The fourth-order valence-electron chi connectivity index (χ4n) is 1.15. The van der Waals surface area contributed by atoms with Crippen LogP contribution in [0.3, 0.4) is 0 Å². The molecule has 0 aliphatic heterocycles. The molecule has 1 N–H and O–H groups in total. The third-order valence-corrected chi connectivity index (χ3v) is 1.87. The van der Waals surface area contributed by atoms with E-state index < -0.39 is 0 Å². The second-order valence-electron chi connectivity index (χ2n) is 3.14. The predicted octanol–water partition coefficient (Wildman–Crippen LogP) is 0.703. The number of rotatable bonds is 3. The number of aryl methyl sites for hydroxylation is 1. The molecule has 0 aliphatic carbocycles. The molecular weight excluding hydrogens is 208 g/mol. The highest BCUT2D eigenvalue weighted by Crippen LogP contribution is 2.01. The standard InChI is InChI=1S/C10H10N4O2/c1-7-4-13-9(16-7)6-14-10(15)8-5-11-2-3-12-8/h2-5H,6H2,1H3,(H,14,15). The molecular formula is C10H10N4O2. The van der Waals surface area contributed by atoms with E-state index in [1.165, 1.54) is 18.6 Å². The lowest BCUT2D eigenvalue weighted by atomic mass is 10.4. The maximum atomic E-state index is 11.5. The topological polar surface area (TPSA) is 80.9 Å². The van der Waals surface area contributed by atoms with Crippen molar-refractivity contribution >= 4 is 5.91 Å². The van der Waals surface area contributed by atoms with Crippen molar-refractivity contribution < 1.29 is 9.21 Å². The van der Waals surface area contributed by atoms with Gasteiger partial charge >= 0.3 is 0 Å². The van der Waals surface area contributed by atoms with E-state index in [4.69, 9.17) is 4.42 Å². The molecule has 0 aromatic carbocycles. The van der Waals surface area contributed by atoms with Crippen LogP contribution in [0, 0.1) is 6.92 Å². The summed E-state index contributed by atoms with van der Waals surface area (Å²) in [6.07, 6.45) is 5.97. The Labute approximate surface area is 91.7 Å². The van der Waals surface area contributed by atoms with Crippen LogP contribution in [0.5, 0.6) is 0 Å². The summed E-state index contributed by atoms with van der Waals surface area (Å²) in [6, 6.07) is 0. The van der Waals surface area contributed by atoms with E-state index >= 15 is 0 Å². The molecule has 16 heavy (non-hydrogen) atoms. The van der Waals surface area contributed by atoms with Crippen molar-refractivity contribution in [2.75, 3.05) is 0 Å². The molecule has 0 fully saturated rings. The minimum absolute atomic E-state index is 0.239. The number of nitrogens with one attached hydrogen (secondary N) is 1. The lowest BCUT2D eigenvalue weighted by Crippen LogP contribution is -2.23. The number of carbonyl (C=O) groups excluding carboxylic acids is 1. The SMILES string of the molecule is Cc1cnc(CNC(=O)c2cnccn2)o1. The predicted molar refractivity (Wildman–Crippen MR) is 54.4 cm³/mol. The van der Waals surface area contributed by atoms with Gasteiger partial charge < -0.3 is 9.73 Å². The summed E-state index contributed by atoms with van der Waals surface area (Å²) in [6.45, 7) is 2.03. The lowest BCUT2D eigenvalue weighted by Gasteiger charge is -2.00. The second kappa shape index (κ2) is 4.52. The Hall–Kier alpha value is -2.24. The first-order valence-electron chi connectivity index (χ1n) is 4.71. The van der Waals surface area contributed by atoms with Crippen LogP contribution in [0.4, 0.5) is 0 Å². The number of oxazole rings is 1. The van der Waals surface area contributed by atoms with Gasteiger partial charge in [-0.1, -0.05) is 0 Å². The quantitative estimate of drug-likeness (QED) is 0.820. The first-order valence-corrected chi connectivity index (χ1v) is 4.71. The van der Waals surface area contributed by atoms with Gasteiger partial charge in [-0.3, -0.25) is 9.78 Å². The molecule has 0 spiro atoms. The number of hydrogen-bond acceptors (Lipinski definition) is 5. The molecule has 82 valence electrons. The molecule has 1 amide bonds. The molecule has 2 rings (SSSR count). The van der Waals surface area contributed by atoms with Gasteiger partial charge in [0.25, 0.3) is 5.91 Å². The van der Waals surface area contributed by atoms with Gasteiger partial charge in [-0.25, -0.2) is 9.97 Å². The molecule has 0 bridgehead atoms. The van der Waals surface area contributed by atoms with E-state index in [0.717, 1.165) is 0 Å². The molecule has 0 saturated heterocycles. The minimum atomic E-state index is -0.302. The molecule has 0 saturated carbocycles. The highest BCUT2D eigenvalue weighted by molar-refractivity contribution is 5.91. The summed E-state index contributed by atoms with van der Waals surface area (Å²) < 4.78 is 5.21. The van der Waals surface area contributed by atoms with E-state index in [9.17, 15) is 4.79 Å². The Morgan fingerprint density at radius 1 is 1.38 bits per heavy atom. The maximum Gasteiger partial charge on any atom is 0.271 e. The van der Waals surface area contributed by atoms with Gasteiger partial charge in [0.15, 0.2) is 0 Å². The second-order valence-corrected chi connectivity index (χ2v) is 3.14. The molecule has 2 heterocycles. The zero-order valence-electron chi connectivity index (χ0n) is 8.67. The Balaban J connectivity index is 1.94. The van der Waals surface area contributed by atoms with Crippen LogP contribution < -0.4 is 5.32 Å². The Morgan fingerprint density at radius 2 is 2.25 bits per heavy atom. The van der Waals surface area contributed by atoms with Crippen molar-refractivity contribution in [3.8, 4) is 0 Å². The van der Waals surface area contributed by atoms with Crippen LogP contribution in [-0.2, 0) is 6.54 Å². The molecule has 0 atom stereocenters. The molecule has 2 aromatic heterocycles. The number of nitrogens with zero attached hydrogens (tertiary/aromatic N) is 3. The summed E-state index contributed by atoms with van der Waals surface area (Å²) >= 11 is 0. The van der Waals surface area contributed by atoms with Crippen molar-refractivity contribution in [1.29, 1.82) is 0 Å². The van der Waals surface area contributed by atoms with E-state index in [-0.39, 0.29) is 18.1 Å². The number of hydrogen-bond donors (Lipinski definition) is 1. The van der Waals surface area contributed by atoms with Gasteiger partial charge in [-0.15, -0.1) is 0 Å². The van der Waals surface area contributed by atoms with E-state index in [2.05, 4.69) is 20.3 Å². The normalized spacial score (nSPS) is 10.1. The van der Waals surface area contributed by atoms with Crippen molar-refractivity contribution in [2.45, 2.75) is 13.5 Å². The van der Waals surface area contributed by atoms with Crippen molar-refractivity contribution in [2.24, 2.45) is 0 Å². The van der Waals surface area contributed by atoms with Crippen molar-refractivity contribution in [3.63, 3.8) is 0 Å². The smallest absolute Gasteiger partial charge is 0.271 e. The Bertz CT molecular complexity index is 481. The average molecular weight is 218 g/mol. The molecule has 0 unspecified atom stereocenters. The number of carbonyl (C=O) groups is 1. The van der Waals surface area contributed by atoms with Gasteiger partial charge in [0, 0.05) is 12.4 Å². The fourth-order valence-corrected chi connectivity index (χ4v) is 1.15. The maximum absolute atomic E-state index is 11.5. The van der Waals surface area contributed by atoms with Gasteiger partial charge in [0.05, 0.1) is 18.9 Å². The highest BCUT2D eigenvalue weighted by atomic mass is 16.4. The summed E-state index contributed by atoms with van der Waals surface area (Å²) in [7, 11) is 0. The van der Waals surface area contributed by atoms with Gasteiger partial charge in [-0.2, -0.15) is 0 Å². The van der Waals surface area contributed by atoms with Crippen LogP contribution in [-0.4, -0.2) is 20.9 Å². The first-order chi connectivity index (χ1) is 7.75. The summed E-state index contributed by atoms with van der Waals surface area (Å²) in [5.41, 5.74) is 0.269. The van der Waals surface area contributed by atoms with Crippen molar-refractivity contribution in [1.82, 2.24) is 20.3 Å². The average Bonchev–Trinajstić information content (AvgIpc) is 2.73. The minimum Gasteiger partial charge on any atom is -0.444 e. The van der Waals surface area contributed by atoms with Crippen LogP contribution in [0.1, 0.15) is 22.1 Å². The fraction of sp³-hybridized carbons (Fsp3) is 0.200. The van der Waals surface area contributed by atoms with E-state index in [0.29, 0.717) is 11.7 Å². The Kier molecular flexibility index (Phi) is 2.90. The summed E-state index contributed by atoms with van der Waals surface area (Å²) in [4.78, 5) is 23.2. The molecule has 6 heteroatoms. The van der Waals surface area contributed by atoms with Crippen LogP contribution in [0.15, 0.2) is 29.2 Å². The summed E-state index contributed by atoms with van der Waals surface area (Å²) in [5.74, 6) is 0.877. The van der Waals surface area contributed by atoms with Gasteiger partial charge in [0.2, 0.25) is 5.89 Å². The van der Waals surface area contributed by atoms with Crippen LogP contribution >= 0.6 is 0 Å². The largest absolute Gasteiger partial charge is 0.444 e.